The quantitative estimate of drug-likeness (QED) is 0.176. The van der Waals surface area contributed by atoms with Crippen molar-refractivity contribution in [1.82, 2.24) is 4.57 Å². The molecule has 4 aromatic rings. The summed E-state index contributed by atoms with van der Waals surface area (Å²) in [6, 6.07) is 13.7. The number of aryl methyl sites for hydroxylation is 1. The number of fused-ring (bicyclic) bond motifs is 1. The highest BCUT2D eigenvalue weighted by Gasteiger charge is 2.33. The minimum Gasteiger partial charge on any atom is -0.463 e. The van der Waals surface area contributed by atoms with E-state index in [2.05, 4.69) is 4.99 Å². The molecule has 1 aliphatic heterocycles. The number of aromatic nitrogens is 1. The molecule has 0 radical (unpaired) electrons. The van der Waals surface area contributed by atoms with Gasteiger partial charge in [0.15, 0.2) is 4.80 Å². The van der Waals surface area contributed by atoms with Crippen LogP contribution in [0.4, 0.5) is 11.4 Å². The van der Waals surface area contributed by atoms with Crippen LogP contribution >= 0.6 is 11.3 Å². The lowest BCUT2D eigenvalue weighted by molar-refractivity contribution is -0.385. The highest BCUT2D eigenvalue weighted by atomic mass is 32.1. The van der Waals surface area contributed by atoms with Crippen molar-refractivity contribution in [3.8, 4) is 11.3 Å². The standard InChI is InChI=1S/C31H30N4O6S/c1-7-40-30(37)27-19(4)32-31-34(28(27)20-8-10-22(11-9-20)33(5)6)29(36)26(42-31)16-23-12-13-25(41-23)21-14-17(2)18(3)24(15-21)35(38)39/h8-16,28H,7H2,1-6H3. The number of nitro groups is 1. The summed E-state index contributed by atoms with van der Waals surface area (Å²) in [6.45, 7) is 7.19. The van der Waals surface area contributed by atoms with Crippen molar-refractivity contribution in [3.63, 3.8) is 0 Å². The van der Waals surface area contributed by atoms with Crippen LogP contribution in [0.1, 0.15) is 42.3 Å². The number of thiazole rings is 1. The SMILES string of the molecule is CCOC(=O)C1=C(C)N=c2sc(=Cc3ccc(-c4cc(C)c(C)c([N+](=O)[O-])c4)o3)c(=O)n2C1c1ccc(N(C)C)cc1. The lowest BCUT2D eigenvalue weighted by Crippen LogP contribution is -2.39. The fourth-order valence-electron chi connectivity index (χ4n) is 4.95. The Morgan fingerprint density at radius 2 is 1.88 bits per heavy atom. The second-order valence-corrected chi connectivity index (χ2v) is 11.2. The van der Waals surface area contributed by atoms with Crippen LogP contribution in [-0.4, -0.2) is 36.2 Å². The van der Waals surface area contributed by atoms with E-state index < -0.39 is 16.9 Å². The summed E-state index contributed by atoms with van der Waals surface area (Å²) in [5, 5.41) is 11.5. The molecule has 42 heavy (non-hydrogen) atoms. The van der Waals surface area contributed by atoms with E-state index in [1.165, 1.54) is 22.0 Å². The minimum atomic E-state index is -0.720. The Kier molecular flexibility index (Phi) is 7.70. The number of carbonyl (C=O) groups is 1. The summed E-state index contributed by atoms with van der Waals surface area (Å²) in [6.07, 6.45) is 1.62. The first-order valence-corrected chi connectivity index (χ1v) is 14.1. The van der Waals surface area contributed by atoms with Gasteiger partial charge in [0.1, 0.15) is 11.5 Å². The predicted octanol–water partition coefficient (Wildman–Crippen LogP) is 4.65. The molecule has 0 N–H and O–H groups in total. The molecule has 0 spiro atoms. The maximum atomic E-state index is 13.9. The Bertz CT molecular complexity index is 1930. The van der Waals surface area contributed by atoms with Gasteiger partial charge in [-0.25, -0.2) is 9.79 Å². The molecular formula is C31H30N4O6S. The van der Waals surface area contributed by atoms with Crippen molar-refractivity contribution in [2.45, 2.75) is 33.7 Å². The van der Waals surface area contributed by atoms with E-state index in [1.54, 1.807) is 39.0 Å². The molecular weight excluding hydrogens is 556 g/mol. The molecule has 2 aromatic carbocycles. The van der Waals surface area contributed by atoms with Crippen molar-refractivity contribution in [1.29, 1.82) is 0 Å². The predicted molar refractivity (Wildman–Crippen MR) is 161 cm³/mol. The molecule has 1 atom stereocenters. The molecule has 0 saturated heterocycles. The first-order chi connectivity index (χ1) is 20.0. The van der Waals surface area contributed by atoms with Crippen LogP contribution < -0.4 is 19.8 Å². The summed E-state index contributed by atoms with van der Waals surface area (Å²) < 4.78 is 13.3. The van der Waals surface area contributed by atoms with E-state index in [9.17, 15) is 19.7 Å². The van der Waals surface area contributed by atoms with Crippen LogP contribution in [0.2, 0.25) is 0 Å². The fraction of sp³-hybridized carbons (Fsp3) is 0.258. The third-order valence-electron chi connectivity index (χ3n) is 7.26. The van der Waals surface area contributed by atoms with Crippen molar-refractivity contribution >= 4 is 34.8 Å². The van der Waals surface area contributed by atoms with Crippen molar-refractivity contribution < 1.29 is 18.9 Å². The Hall–Kier alpha value is -4.77. The second kappa shape index (κ2) is 11.2. The zero-order chi connectivity index (χ0) is 30.3. The van der Waals surface area contributed by atoms with E-state index in [0.29, 0.717) is 43.3 Å². The number of allylic oxidation sites excluding steroid dienone is 1. The zero-order valence-corrected chi connectivity index (χ0v) is 24.9. The molecule has 0 bridgehead atoms. The summed E-state index contributed by atoms with van der Waals surface area (Å²) in [4.78, 5) is 45.1. The van der Waals surface area contributed by atoms with Crippen LogP contribution in [0, 0.1) is 24.0 Å². The number of esters is 1. The van der Waals surface area contributed by atoms with E-state index >= 15 is 0 Å². The van der Waals surface area contributed by atoms with Crippen molar-refractivity contribution in [2.24, 2.45) is 4.99 Å². The number of nitrogens with zero attached hydrogens (tertiary/aromatic N) is 4. The number of hydrogen-bond acceptors (Lipinski definition) is 9. The zero-order valence-electron chi connectivity index (χ0n) is 24.1. The Morgan fingerprint density at radius 1 is 1.17 bits per heavy atom. The van der Waals surface area contributed by atoms with Gasteiger partial charge in [-0.3, -0.25) is 19.5 Å². The molecule has 1 aliphatic rings. The highest BCUT2D eigenvalue weighted by molar-refractivity contribution is 7.07. The van der Waals surface area contributed by atoms with Gasteiger partial charge in [0.05, 0.1) is 33.4 Å². The van der Waals surface area contributed by atoms with Crippen LogP contribution in [0.15, 0.2) is 74.0 Å². The second-order valence-electron chi connectivity index (χ2n) is 10.2. The summed E-state index contributed by atoms with van der Waals surface area (Å²) in [5.74, 6) is 0.330. The average molecular weight is 587 g/mol. The molecule has 0 fully saturated rings. The van der Waals surface area contributed by atoms with Crippen LogP contribution in [0.25, 0.3) is 17.4 Å². The Morgan fingerprint density at radius 3 is 2.52 bits per heavy atom. The largest absolute Gasteiger partial charge is 0.463 e. The third kappa shape index (κ3) is 5.18. The molecule has 11 heteroatoms. The van der Waals surface area contributed by atoms with Gasteiger partial charge in [0.25, 0.3) is 11.2 Å². The van der Waals surface area contributed by atoms with Gasteiger partial charge in [-0.2, -0.15) is 0 Å². The Balaban J connectivity index is 1.62. The van der Waals surface area contributed by atoms with Gasteiger partial charge >= 0.3 is 5.97 Å². The molecule has 0 aliphatic carbocycles. The lowest BCUT2D eigenvalue weighted by Gasteiger charge is -2.25. The number of nitro benzene ring substituents is 1. The fourth-order valence-corrected chi connectivity index (χ4v) is 5.98. The molecule has 5 rings (SSSR count). The molecule has 0 amide bonds. The first kappa shape index (κ1) is 28.7. The number of ether oxygens (including phenoxy) is 1. The summed E-state index contributed by atoms with van der Waals surface area (Å²) in [7, 11) is 3.88. The number of rotatable bonds is 7. The van der Waals surface area contributed by atoms with Gasteiger partial charge in [0, 0.05) is 43.1 Å². The van der Waals surface area contributed by atoms with Gasteiger partial charge in [-0.15, -0.1) is 0 Å². The molecule has 0 saturated carbocycles. The first-order valence-electron chi connectivity index (χ1n) is 13.3. The topological polar surface area (TPSA) is 120 Å². The average Bonchev–Trinajstić information content (AvgIpc) is 3.53. The Labute approximate surface area is 245 Å². The van der Waals surface area contributed by atoms with Gasteiger partial charge in [-0.05, 0) is 69.2 Å². The molecule has 10 nitrogen and oxygen atoms in total. The molecule has 3 heterocycles. The minimum absolute atomic E-state index is 0.0163. The number of hydrogen-bond donors (Lipinski definition) is 0. The number of furan rings is 1. The maximum Gasteiger partial charge on any atom is 0.338 e. The van der Waals surface area contributed by atoms with E-state index in [0.717, 1.165) is 16.8 Å². The van der Waals surface area contributed by atoms with Crippen LogP contribution in [-0.2, 0) is 9.53 Å². The monoisotopic (exact) mass is 586 g/mol. The smallest absolute Gasteiger partial charge is 0.338 e. The van der Waals surface area contributed by atoms with Crippen LogP contribution in [0.5, 0.6) is 0 Å². The van der Waals surface area contributed by atoms with Gasteiger partial charge < -0.3 is 14.1 Å². The van der Waals surface area contributed by atoms with Crippen molar-refractivity contribution in [3.05, 3.63) is 112 Å². The molecule has 2 aromatic heterocycles. The van der Waals surface area contributed by atoms with Gasteiger partial charge in [0.2, 0.25) is 0 Å². The molecule has 1 unspecified atom stereocenters. The maximum absolute atomic E-state index is 13.9. The number of carbonyl (C=O) groups excluding carboxylic acids is 1. The van der Waals surface area contributed by atoms with E-state index in [-0.39, 0.29) is 17.9 Å². The summed E-state index contributed by atoms with van der Waals surface area (Å²) in [5.41, 5.74) is 4.16. The van der Waals surface area contributed by atoms with E-state index in [4.69, 9.17) is 9.15 Å². The number of benzene rings is 2. The van der Waals surface area contributed by atoms with Crippen molar-refractivity contribution in [2.75, 3.05) is 25.6 Å². The van der Waals surface area contributed by atoms with Gasteiger partial charge in [-0.1, -0.05) is 23.5 Å². The number of anilines is 1. The van der Waals surface area contributed by atoms with Crippen LogP contribution in [0.3, 0.4) is 0 Å². The highest BCUT2D eigenvalue weighted by Crippen LogP contribution is 2.33. The lowest BCUT2D eigenvalue weighted by atomic mass is 9.95. The normalized spacial score (nSPS) is 14.9. The summed E-state index contributed by atoms with van der Waals surface area (Å²) >= 11 is 1.19. The third-order valence-corrected chi connectivity index (χ3v) is 8.25. The molecule has 216 valence electrons. The van der Waals surface area contributed by atoms with E-state index in [1.807, 2.05) is 56.3 Å².